The van der Waals surface area contributed by atoms with Gasteiger partial charge < -0.3 is 8.98 Å². The molecule has 1 radical (unpaired) electrons. The Labute approximate surface area is 344 Å². The van der Waals surface area contributed by atoms with Gasteiger partial charge in [0.25, 0.3) is 0 Å². The van der Waals surface area contributed by atoms with Crippen molar-refractivity contribution in [2.45, 2.75) is 43.5 Å². The number of halogens is 1. The Bertz CT molecular complexity index is 2780. The average Bonchev–Trinajstić information content (AvgIpc) is 3.76. The fourth-order valence-electron chi connectivity index (χ4n) is 6.92. The molecule has 3 heterocycles. The van der Waals surface area contributed by atoms with Crippen LogP contribution < -0.4 is 4.40 Å². The summed E-state index contributed by atoms with van der Waals surface area (Å²) < 4.78 is 24.4. The van der Waals surface area contributed by atoms with Crippen molar-refractivity contribution in [3.05, 3.63) is 169 Å². The van der Waals surface area contributed by atoms with E-state index in [2.05, 4.69) is 108 Å². The van der Waals surface area contributed by atoms with Crippen LogP contribution in [-0.2, 0) is 25.5 Å². The summed E-state index contributed by atoms with van der Waals surface area (Å²) in [5, 5.41) is 2.03. The number of para-hydroxylation sites is 1. The zero-order valence-electron chi connectivity index (χ0n) is 32.3. The van der Waals surface area contributed by atoms with Gasteiger partial charge in [0.05, 0.1) is 22.4 Å². The SMILES string of the molecule is CC(C)(C)c1ccc(-n2c(-c3[c-]ccc4c3oc3ccccc34)nc3cc(F)ccc32)c(-c2ccccc2)c1.[CH3][Ge]([CH3])([CH3])[c]1ccc(-c2[c-]cccc2)nc1.[Ir]. The molecule has 4 nitrogen and oxygen atoms in total. The number of rotatable bonds is 5. The van der Waals surface area contributed by atoms with Crippen LogP contribution in [0, 0.1) is 17.9 Å². The van der Waals surface area contributed by atoms with Crippen LogP contribution in [0.25, 0.3) is 72.4 Å². The predicted octanol–water partition coefficient (Wildman–Crippen LogP) is 12.6. The molecule has 281 valence electrons. The van der Waals surface area contributed by atoms with Crippen molar-refractivity contribution in [3.63, 3.8) is 0 Å². The van der Waals surface area contributed by atoms with E-state index in [0.29, 0.717) is 16.9 Å². The first-order valence-corrected chi connectivity index (χ1v) is 25.9. The fraction of sp³-hybridized carbons (Fsp3) is 0.143. The van der Waals surface area contributed by atoms with Crippen LogP contribution in [0.1, 0.15) is 26.3 Å². The molecule has 6 aromatic carbocycles. The quantitative estimate of drug-likeness (QED) is 0.127. The van der Waals surface area contributed by atoms with E-state index in [1.807, 2.05) is 79.0 Å². The van der Waals surface area contributed by atoms with Crippen molar-refractivity contribution >= 4 is 50.6 Å². The van der Waals surface area contributed by atoms with Crippen molar-refractivity contribution < 1.29 is 28.9 Å². The molecule has 0 saturated heterocycles. The van der Waals surface area contributed by atoms with Gasteiger partial charge in [-0.2, -0.15) is 0 Å². The van der Waals surface area contributed by atoms with Gasteiger partial charge in [-0.25, -0.2) is 4.39 Å². The smallest absolute Gasteiger partial charge is 0 e. The summed E-state index contributed by atoms with van der Waals surface area (Å²) in [6.07, 6.45) is 2.04. The number of fused-ring (bicyclic) bond motifs is 4. The molecule has 0 bridgehead atoms. The summed E-state index contributed by atoms with van der Waals surface area (Å²) in [5.74, 6) is 7.47. The maximum absolute atomic E-state index is 14.4. The number of aromatic nitrogens is 3. The molecule has 0 N–H and O–H groups in total. The molecule has 9 aromatic rings. The predicted molar refractivity (Wildman–Crippen MR) is 228 cm³/mol. The fourth-order valence-corrected chi connectivity index (χ4v) is 9.09. The van der Waals surface area contributed by atoms with Gasteiger partial charge in [-0.1, -0.05) is 86.3 Å². The van der Waals surface area contributed by atoms with Crippen LogP contribution in [0.2, 0.25) is 17.3 Å². The van der Waals surface area contributed by atoms with Crippen molar-refractivity contribution in [3.8, 4) is 39.5 Å². The van der Waals surface area contributed by atoms with Gasteiger partial charge in [0, 0.05) is 42.8 Å². The summed E-state index contributed by atoms with van der Waals surface area (Å²) >= 11 is -1.72. The van der Waals surface area contributed by atoms with Gasteiger partial charge in [-0.05, 0) is 46.9 Å². The number of furan rings is 1. The minimum absolute atomic E-state index is 0. The maximum Gasteiger partial charge on any atom is 0 e. The van der Waals surface area contributed by atoms with Crippen LogP contribution >= 0.6 is 0 Å². The third kappa shape index (κ3) is 7.79. The van der Waals surface area contributed by atoms with Crippen molar-refractivity contribution in [1.82, 2.24) is 14.5 Å². The molecule has 0 aliphatic rings. The van der Waals surface area contributed by atoms with Gasteiger partial charge in [-0.15, -0.1) is 18.2 Å². The van der Waals surface area contributed by atoms with Crippen LogP contribution in [0.3, 0.4) is 0 Å². The standard InChI is InChI=1S/C35H26FN2O.C14H16GeN.Ir/c1-35(2,3)23-16-18-30(28(20-23)22-10-5-4-6-11-22)38-31-19-17-24(36)21-29(31)37-34(38)27-14-9-13-26-25-12-7-8-15-32(25)39-33(26)27;1-15(2,3)13-9-10-14(16-11-13)12-7-5-4-6-8-12;/h4-13,15-21H,1-3H3;4-7,9-11H,1-3H3;/q2*-1;. The first-order chi connectivity index (χ1) is 26.5. The molecule has 0 saturated carbocycles. The van der Waals surface area contributed by atoms with E-state index in [0.717, 1.165) is 55.5 Å². The van der Waals surface area contributed by atoms with Gasteiger partial charge in [0.15, 0.2) is 0 Å². The van der Waals surface area contributed by atoms with Crippen LogP contribution in [0.4, 0.5) is 4.39 Å². The molecular formula is C49H42FGeIrN3O-2. The molecule has 0 atom stereocenters. The molecule has 0 fully saturated rings. The minimum atomic E-state index is -1.72. The molecule has 0 aliphatic heterocycles. The van der Waals surface area contributed by atoms with E-state index in [4.69, 9.17) is 9.40 Å². The molecule has 56 heavy (non-hydrogen) atoms. The molecule has 0 unspecified atom stereocenters. The van der Waals surface area contributed by atoms with E-state index >= 15 is 0 Å². The first kappa shape index (κ1) is 39.1. The minimum Gasteiger partial charge on any atom is 0 e. The Hall–Kier alpha value is -5.14. The van der Waals surface area contributed by atoms with Gasteiger partial charge in [0.1, 0.15) is 11.4 Å². The molecule has 0 aliphatic carbocycles. The van der Waals surface area contributed by atoms with Crippen molar-refractivity contribution in [2.24, 2.45) is 0 Å². The average molecular weight is 973 g/mol. The number of pyridine rings is 1. The van der Waals surface area contributed by atoms with Crippen LogP contribution in [-0.4, -0.2) is 27.8 Å². The number of imidazole rings is 1. The second-order valence-corrected chi connectivity index (χ2v) is 26.6. The Morgan fingerprint density at radius 2 is 1.50 bits per heavy atom. The van der Waals surface area contributed by atoms with E-state index in [-0.39, 0.29) is 31.3 Å². The Kier molecular flexibility index (Phi) is 11.0. The summed E-state index contributed by atoms with van der Waals surface area (Å²) in [6.45, 7) is 6.65. The monoisotopic (exact) mass is 974 g/mol. The Morgan fingerprint density at radius 3 is 2.21 bits per heavy atom. The summed E-state index contributed by atoms with van der Waals surface area (Å²) in [7, 11) is 0. The van der Waals surface area contributed by atoms with Crippen molar-refractivity contribution in [1.29, 1.82) is 0 Å². The zero-order chi connectivity index (χ0) is 38.3. The molecule has 7 heteroatoms. The van der Waals surface area contributed by atoms with E-state index in [1.54, 1.807) is 6.07 Å². The number of nitrogens with zero attached hydrogens (tertiary/aromatic N) is 3. The van der Waals surface area contributed by atoms with E-state index in [9.17, 15) is 4.39 Å². The summed E-state index contributed by atoms with van der Waals surface area (Å²) in [4.78, 5) is 9.51. The first-order valence-electron chi connectivity index (χ1n) is 18.6. The summed E-state index contributed by atoms with van der Waals surface area (Å²) in [5.41, 5.74) is 10.0. The third-order valence-electron chi connectivity index (χ3n) is 9.98. The molecule has 9 rings (SSSR count). The third-order valence-corrected chi connectivity index (χ3v) is 14.2. The van der Waals surface area contributed by atoms with Gasteiger partial charge >= 0.3 is 99.8 Å². The van der Waals surface area contributed by atoms with E-state index < -0.39 is 13.3 Å². The van der Waals surface area contributed by atoms with Gasteiger partial charge in [-0.3, -0.25) is 4.98 Å². The number of benzene rings is 6. The Balaban J connectivity index is 0.000000238. The molecule has 3 aromatic heterocycles. The summed E-state index contributed by atoms with van der Waals surface area (Å²) in [6, 6.07) is 52.5. The normalized spacial score (nSPS) is 11.7. The molecular weight excluding hydrogens is 930 g/mol. The molecule has 0 amide bonds. The van der Waals surface area contributed by atoms with E-state index in [1.165, 1.54) is 22.1 Å². The molecule has 0 spiro atoms. The van der Waals surface area contributed by atoms with Crippen molar-refractivity contribution in [2.75, 3.05) is 0 Å². The van der Waals surface area contributed by atoms with Crippen LogP contribution in [0.5, 0.6) is 0 Å². The second-order valence-electron chi connectivity index (χ2n) is 15.9. The largest absolute Gasteiger partial charge is 0 e. The zero-order valence-corrected chi connectivity index (χ0v) is 36.8. The topological polar surface area (TPSA) is 43.9 Å². The number of hydrogen-bond acceptors (Lipinski definition) is 3. The number of hydrogen-bond donors (Lipinski definition) is 0. The second kappa shape index (κ2) is 15.8. The van der Waals surface area contributed by atoms with Gasteiger partial charge in [0.2, 0.25) is 0 Å². The Morgan fingerprint density at radius 1 is 0.732 bits per heavy atom. The van der Waals surface area contributed by atoms with Crippen LogP contribution in [0.15, 0.2) is 150 Å². The maximum atomic E-state index is 14.4.